The van der Waals surface area contributed by atoms with Gasteiger partial charge in [-0.1, -0.05) is 44.2 Å². The lowest BCUT2D eigenvalue weighted by Crippen LogP contribution is -2.36. The molecule has 1 aromatic carbocycles. The van der Waals surface area contributed by atoms with E-state index in [9.17, 15) is 0 Å². The van der Waals surface area contributed by atoms with Crippen LogP contribution in [0.15, 0.2) is 30.3 Å². The summed E-state index contributed by atoms with van der Waals surface area (Å²) >= 11 is 0. The van der Waals surface area contributed by atoms with Crippen molar-refractivity contribution in [3.05, 3.63) is 35.9 Å². The Bertz CT molecular complexity index is 336. The van der Waals surface area contributed by atoms with Crippen molar-refractivity contribution >= 4 is 0 Å². The molecule has 0 radical (unpaired) electrons. The van der Waals surface area contributed by atoms with E-state index in [4.69, 9.17) is 0 Å². The van der Waals surface area contributed by atoms with Crippen molar-refractivity contribution in [2.24, 2.45) is 11.8 Å². The molecule has 0 saturated heterocycles. The van der Waals surface area contributed by atoms with Crippen molar-refractivity contribution in [3.8, 4) is 0 Å². The average molecular weight is 259 g/mol. The summed E-state index contributed by atoms with van der Waals surface area (Å²) in [7, 11) is 0. The summed E-state index contributed by atoms with van der Waals surface area (Å²) in [4.78, 5) is 0. The van der Waals surface area contributed by atoms with Gasteiger partial charge in [-0.2, -0.15) is 0 Å². The standard InChI is InChI=1S/C18H29N/c1-15-12-16(2)14-18(13-15)19-11-7-6-10-17-8-4-3-5-9-17/h3-5,8-9,15-16,18-19H,6-7,10-14H2,1-2H3. The van der Waals surface area contributed by atoms with E-state index in [2.05, 4.69) is 49.5 Å². The first-order valence-electron chi connectivity index (χ1n) is 8.01. The van der Waals surface area contributed by atoms with Gasteiger partial charge in [-0.25, -0.2) is 0 Å². The Balaban J connectivity index is 1.57. The topological polar surface area (TPSA) is 12.0 Å². The molecule has 19 heavy (non-hydrogen) atoms. The van der Waals surface area contributed by atoms with Crippen molar-refractivity contribution in [1.29, 1.82) is 0 Å². The molecule has 1 aliphatic carbocycles. The van der Waals surface area contributed by atoms with Crippen LogP contribution < -0.4 is 5.32 Å². The third-order valence-corrected chi connectivity index (χ3v) is 4.35. The van der Waals surface area contributed by atoms with Crippen LogP contribution in [0.1, 0.15) is 51.5 Å². The highest BCUT2D eigenvalue weighted by Gasteiger charge is 2.22. The van der Waals surface area contributed by atoms with Gasteiger partial charge in [0.05, 0.1) is 0 Å². The minimum absolute atomic E-state index is 0.774. The summed E-state index contributed by atoms with van der Waals surface area (Å²) < 4.78 is 0. The van der Waals surface area contributed by atoms with Crippen LogP contribution in [0.5, 0.6) is 0 Å². The van der Waals surface area contributed by atoms with Gasteiger partial charge in [-0.15, -0.1) is 0 Å². The summed E-state index contributed by atoms with van der Waals surface area (Å²) in [5, 5.41) is 3.77. The SMILES string of the molecule is CC1CC(C)CC(NCCCCc2ccccc2)C1. The molecule has 2 rings (SSSR count). The van der Waals surface area contributed by atoms with Crippen LogP contribution in [0.4, 0.5) is 0 Å². The maximum atomic E-state index is 3.77. The van der Waals surface area contributed by atoms with Crippen molar-refractivity contribution in [1.82, 2.24) is 5.32 Å². The Morgan fingerprint density at radius 1 is 0.947 bits per heavy atom. The molecular weight excluding hydrogens is 230 g/mol. The van der Waals surface area contributed by atoms with E-state index < -0.39 is 0 Å². The third kappa shape index (κ3) is 5.36. The van der Waals surface area contributed by atoms with Crippen LogP contribution in [0.3, 0.4) is 0 Å². The van der Waals surface area contributed by atoms with Gasteiger partial charge in [-0.3, -0.25) is 0 Å². The molecule has 0 bridgehead atoms. The fourth-order valence-corrected chi connectivity index (χ4v) is 3.52. The number of rotatable bonds is 6. The van der Waals surface area contributed by atoms with Crippen molar-refractivity contribution < 1.29 is 0 Å². The number of aryl methyl sites for hydroxylation is 1. The number of hydrogen-bond donors (Lipinski definition) is 1. The molecule has 1 fully saturated rings. The van der Waals surface area contributed by atoms with Gasteiger partial charge < -0.3 is 5.32 Å². The Kier molecular flexibility index (Phi) is 5.91. The fourth-order valence-electron chi connectivity index (χ4n) is 3.52. The second-order valence-electron chi connectivity index (χ2n) is 6.51. The van der Waals surface area contributed by atoms with Crippen LogP contribution in [0.2, 0.25) is 0 Å². The Hall–Kier alpha value is -0.820. The van der Waals surface area contributed by atoms with Crippen LogP contribution in [0, 0.1) is 11.8 Å². The highest BCUT2D eigenvalue weighted by molar-refractivity contribution is 5.14. The minimum Gasteiger partial charge on any atom is -0.314 e. The molecule has 1 saturated carbocycles. The predicted molar refractivity (Wildman–Crippen MR) is 83.3 cm³/mol. The lowest BCUT2D eigenvalue weighted by atomic mass is 9.80. The van der Waals surface area contributed by atoms with Gasteiger partial charge in [-0.05, 0) is 62.5 Å². The Morgan fingerprint density at radius 2 is 1.63 bits per heavy atom. The predicted octanol–water partition coefficient (Wildman–Crippen LogP) is 4.42. The molecule has 1 aromatic rings. The summed E-state index contributed by atoms with van der Waals surface area (Å²) in [6, 6.07) is 11.6. The molecule has 0 amide bonds. The molecule has 106 valence electrons. The van der Waals surface area contributed by atoms with Gasteiger partial charge in [0.2, 0.25) is 0 Å². The molecule has 1 aliphatic rings. The molecule has 2 atom stereocenters. The lowest BCUT2D eigenvalue weighted by molar-refractivity contribution is 0.239. The number of hydrogen-bond acceptors (Lipinski definition) is 1. The summed E-state index contributed by atoms with van der Waals surface area (Å²) in [5.74, 6) is 1.82. The number of nitrogens with one attached hydrogen (secondary N) is 1. The average Bonchev–Trinajstić information content (AvgIpc) is 2.38. The van der Waals surface area contributed by atoms with Gasteiger partial charge in [0.25, 0.3) is 0 Å². The van der Waals surface area contributed by atoms with E-state index in [0.717, 1.165) is 17.9 Å². The Labute approximate surface area is 118 Å². The molecule has 1 heteroatoms. The molecule has 2 unspecified atom stereocenters. The van der Waals surface area contributed by atoms with E-state index >= 15 is 0 Å². The number of benzene rings is 1. The second kappa shape index (κ2) is 7.69. The van der Waals surface area contributed by atoms with Gasteiger partial charge >= 0.3 is 0 Å². The fraction of sp³-hybridized carbons (Fsp3) is 0.667. The molecule has 0 aromatic heterocycles. The van der Waals surface area contributed by atoms with E-state index in [-0.39, 0.29) is 0 Å². The third-order valence-electron chi connectivity index (χ3n) is 4.35. The number of unbranched alkanes of at least 4 members (excludes halogenated alkanes) is 1. The van der Waals surface area contributed by atoms with E-state index in [1.54, 1.807) is 0 Å². The second-order valence-corrected chi connectivity index (χ2v) is 6.51. The van der Waals surface area contributed by atoms with Crippen molar-refractivity contribution in [2.75, 3.05) is 6.54 Å². The molecule has 1 nitrogen and oxygen atoms in total. The minimum atomic E-state index is 0.774. The van der Waals surface area contributed by atoms with E-state index in [1.807, 2.05) is 0 Å². The summed E-state index contributed by atoms with van der Waals surface area (Å²) in [6.07, 6.45) is 8.00. The lowest BCUT2D eigenvalue weighted by Gasteiger charge is -2.32. The zero-order valence-electron chi connectivity index (χ0n) is 12.6. The Morgan fingerprint density at radius 3 is 2.32 bits per heavy atom. The van der Waals surface area contributed by atoms with Crippen LogP contribution in [-0.2, 0) is 6.42 Å². The molecule has 0 spiro atoms. The summed E-state index contributed by atoms with van der Waals surface area (Å²) in [6.45, 7) is 6.00. The normalized spacial score (nSPS) is 27.4. The first-order valence-corrected chi connectivity index (χ1v) is 8.01. The zero-order chi connectivity index (χ0) is 13.5. The molecule has 0 heterocycles. The quantitative estimate of drug-likeness (QED) is 0.746. The first-order chi connectivity index (χ1) is 9.24. The first kappa shape index (κ1) is 14.6. The van der Waals surface area contributed by atoms with Gasteiger partial charge in [0, 0.05) is 6.04 Å². The largest absolute Gasteiger partial charge is 0.314 e. The van der Waals surface area contributed by atoms with E-state index in [0.29, 0.717) is 0 Å². The highest BCUT2D eigenvalue weighted by Crippen LogP contribution is 2.28. The highest BCUT2D eigenvalue weighted by atomic mass is 14.9. The monoisotopic (exact) mass is 259 g/mol. The maximum absolute atomic E-state index is 3.77. The van der Waals surface area contributed by atoms with Gasteiger partial charge in [0.1, 0.15) is 0 Å². The van der Waals surface area contributed by atoms with Gasteiger partial charge in [0.15, 0.2) is 0 Å². The van der Waals surface area contributed by atoms with Crippen molar-refractivity contribution in [3.63, 3.8) is 0 Å². The van der Waals surface area contributed by atoms with Crippen LogP contribution >= 0.6 is 0 Å². The molecular formula is C18H29N. The molecule has 0 aliphatic heterocycles. The van der Waals surface area contributed by atoms with Crippen LogP contribution in [-0.4, -0.2) is 12.6 Å². The summed E-state index contributed by atoms with van der Waals surface area (Å²) in [5.41, 5.74) is 1.47. The maximum Gasteiger partial charge on any atom is 0.00721 e. The molecule has 1 N–H and O–H groups in total. The van der Waals surface area contributed by atoms with E-state index in [1.165, 1.54) is 50.6 Å². The smallest absolute Gasteiger partial charge is 0.00721 e. The zero-order valence-corrected chi connectivity index (χ0v) is 12.6. The van der Waals surface area contributed by atoms with Crippen molar-refractivity contribution in [2.45, 2.75) is 58.4 Å². The van der Waals surface area contributed by atoms with Crippen LogP contribution in [0.25, 0.3) is 0 Å².